The van der Waals surface area contributed by atoms with Gasteiger partial charge < -0.3 is 20.1 Å². The summed E-state index contributed by atoms with van der Waals surface area (Å²) in [5.41, 5.74) is 5.66. The lowest BCUT2D eigenvalue weighted by Gasteiger charge is -2.40. The highest BCUT2D eigenvalue weighted by atomic mass is 32.2. The number of carboxylic acids is 1. The van der Waals surface area contributed by atoms with E-state index in [0.717, 1.165) is 6.07 Å². The number of rotatable bonds is 5. The van der Waals surface area contributed by atoms with Crippen molar-refractivity contribution in [2.75, 3.05) is 19.4 Å². The maximum absolute atomic E-state index is 15.1. The van der Waals surface area contributed by atoms with Gasteiger partial charge in [0.05, 0.1) is 35.0 Å². The Morgan fingerprint density at radius 1 is 1.11 bits per heavy atom. The molecule has 0 saturated heterocycles. The first-order chi connectivity index (χ1) is 20.1. The maximum atomic E-state index is 15.1. The molecular weight excluding hydrogens is 629 g/mol. The van der Waals surface area contributed by atoms with Gasteiger partial charge >= 0.3 is 18.3 Å². The van der Waals surface area contributed by atoms with E-state index in [-0.39, 0.29) is 17.2 Å². The van der Waals surface area contributed by atoms with E-state index in [4.69, 9.17) is 24.9 Å². The molecule has 2 atom stereocenters. The summed E-state index contributed by atoms with van der Waals surface area (Å²) in [4.78, 5) is 21.6. The Bertz CT molecular complexity index is 1680. The van der Waals surface area contributed by atoms with E-state index in [1.54, 1.807) is 6.07 Å². The Labute approximate surface area is 245 Å². The van der Waals surface area contributed by atoms with Crippen LogP contribution >= 0.6 is 0 Å². The molecule has 0 radical (unpaired) electrons. The topological polar surface area (TPSA) is 166 Å². The third kappa shape index (κ3) is 7.43. The molecule has 0 bridgehead atoms. The predicted molar refractivity (Wildman–Crippen MR) is 143 cm³/mol. The highest BCUT2D eigenvalue weighted by molar-refractivity contribution is 7.95. The monoisotopic (exact) mass is 654 g/mol. The zero-order chi connectivity index (χ0) is 33.3. The molecular formula is C25H25F7N6O5S. The number of carbonyl (C=O) groups is 1. The Morgan fingerprint density at radius 3 is 2.27 bits per heavy atom. The minimum atomic E-state index is -5.08. The Morgan fingerprint density at radius 2 is 1.75 bits per heavy atom. The number of methoxy groups -OCH3 is 1. The number of amidine groups is 1. The van der Waals surface area contributed by atoms with Crippen LogP contribution in [0.1, 0.15) is 26.3 Å². The van der Waals surface area contributed by atoms with E-state index in [1.165, 1.54) is 52.4 Å². The fourth-order valence-electron chi connectivity index (χ4n) is 3.86. The fourth-order valence-corrected chi connectivity index (χ4v) is 6.34. The number of hydrogen-bond acceptors (Lipinski definition) is 10. The van der Waals surface area contributed by atoms with Crippen molar-refractivity contribution in [2.45, 2.75) is 43.4 Å². The number of aromatic nitrogens is 3. The van der Waals surface area contributed by atoms with Gasteiger partial charge in [0.1, 0.15) is 39.9 Å². The minimum Gasteiger partial charge on any atom is -0.480 e. The summed E-state index contributed by atoms with van der Waals surface area (Å²) in [5.74, 6) is -3.53. The van der Waals surface area contributed by atoms with Crippen LogP contribution in [0.2, 0.25) is 0 Å². The van der Waals surface area contributed by atoms with Crippen LogP contribution in [0.15, 0.2) is 50.5 Å². The second-order valence-electron chi connectivity index (χ2n) is 9.99. The molecule has 240 valence electrons. The molecule has 1 aromatic carbocycles. The van der Waals surface area contributed by atoms with E-state index in [2.05, 4.69) is 24.5 Å². The number of benzene rings is 1. The fraction of sp³-hybridized carbons (Fsp3) is 0.400. The lowest BCUT2D eigenvalue weighted by molar-refractivity contribution is -0.192. The summed E-state index contributed by atoms with van der Waals surface area (Å²) >= 11 is 0. The molecule has 44 heavy (non-hydrogen) atoms. The molecule has 0 saturated carbocycles. The van der Waals surface area contributed by atoms with Crippen molar-refractivity contribution < 1.29 is 54.1 Å². The van der Waals surface area contributed by atoms with Crippen LogP contribution < -0.4 is 10.5 Å². The molecule has 1 aliphatic rings. The SMILES string of the molecule is COc1cnc(-c2cc(-c3ccc(F)c([C@]4(C)C[S@@](=O)(=NCC(F)(F)F)C(C)(C)C(N)=N4)c3)on2)cn1.O=C(O)C(F)(F)F. The zero-order valence-corrected chi connectivity index (χ0v) is 24.1. The average molecular weight is 655 g/mol. The summed E-state index contributed by atoms with van der Waals surface area (Å²) in [5, 5.41) is 11.1. The van der Waals surface area contributed by atoms with Gasteiger partial charge in [-0.1, -0.05) is 5.16 Å². The van der Waals surface area contributed by atoms with Crippen molar-refractivity contribution in [3.63, 3.8) is 0 Å². The molecule has 3 heterocycles. The number of nitrogens with two attached hydrogens (primary N) is 1. The molecule has 4 rings (SSSR count). The van der Waals surface area contributed by atoms with Gasteiger partial charge in [-0.25, -0.2) is 27.7 Å². The first-order valence-electron chi connectivity index (χ1n) is 12.2. The van der Waals surface area contributed by atoms with Crippen LogP contribution in [-0.2, 0) is 20.1 Å². The van der Waals surface area contributed by atoms with Crippen LogP contribution in [0, 0.1) is 5.82 Å². The van der Waals surface area contributed by atoms with Crippen molar-refractivity contribution in [2.24, 2.45) is 15.1 Å². The molecule has 3 N–H and O–H groups in total. The molecule has 0 fully saturated rings. The van der Waals surface area contributed by atoms with Crippen molar-refractivity contribution in [1.82, 2.24) is 15.1 Å². The molecule has 0 unspecified atom stereocenters. The summed E-state index contributed by atoms with van der Waals surface area (Å²) in [6.07, 6.45) is -6.89. The average Bonchev–Trinajstić information content (AvgIpc) is 3.41. The van der Waals surface area contributed by atoms with Gasteiger partial charge in [0.15, 0.2) is 5.76 Å². The van der Waals surface area contributed by atoms with Gasteiger partial charge in [-0.2, -0.15) is 26.3 Å². The number of nitrogens with zero attached hydrogens (tertiary/aromatic N) is 5. The molecule has 19 heteroatoms. The molecule has 11 nitrogen and oxygen atoms in total. The van der Waals surface area contributed by atoms with E-state index >= 15 is 4.39 Å². The van der Waals surface area contributed by atoms with Crippen molar-refractivity contribution in [3.05, 3.63) is 48.0 Å². The number of alkyl halides is 6. The lowest BCUT2D eigenvalue weighted by atomic mass is 9.91. The van der Waals surface area contributed by atoms with Crippen molar-refractivity contribution >= 4 is 21.5 Å². The van der Waals surface area contributed by atoms with Gasteiger partial charge in [0, 0.05) is 17.2 Å². The molecule has 1 aliphatic heterocycles. The van der Waals surface area contributed by atoms with Gasteiger partial charge in [0.25, 0.3) is 0 Å². The van der Waals surface area contributed by atoms with Crippen molar-refractivity contribution in [3.8, 4) is 28.6 Å². The van der Waals surface area contributed by atoms with Gasteiger partial charge in [0.2, 0.25) is 5.88 Å². The molecule has 0 amide bonds. The number of aliphatic imine (C=N–C) groups is 1. The Hall–Kier alpha value is -4.29. The lowest BCUT2D eigenvalue weighted by Crippen LogP contribution is -2.55. The van der Waals surface area contributed by atoms with Crippen LogP contribution in [-0.4, -0.2) is 72.8 Å². The smallest absolute Gasteiger partial charge is 0.480 e. The second-order valence-corrected chi connectivity index (χ2v) is 12.8. The van der Waals surface area contributed by atoms with E-state index in [0.29, 0.717) is 22.8 Å². The molecule has 2 aromatic heterocycles. The number of hydrogen-bond donors (Lipinski definition) is 2. The highest BCUT2D eigenvalue weighted by Crippen LogP contribution is 2.40. The minimum absolute atomic E-state index is 0.0272. The summed E-state index contributed by atoms with van der Waals surface area (Å²) in [7, 11) is -2.16. The van der Waals surface area contributed by atoms with Crippen LogP contribution in [0.3, 0.4) is 0 Å². The summed E-state index contributed by atoms with van der Waals surface area (Å²) < 4.78 is 112. The number of aliphatic carboxylic acids is 1. The maximum Gasteiger partial charge on any atom is 0.490 e. The Kier molecular flexibility index (Phi) is 9.33. The van der Waals surface area contributed by atoms with Crippen molar-refractivity contribution in [1.29, 1.82) is 0 Å². The van der Waals surface area contributed by atoms with Gasteiger partial charge in [-0.15, -0.1) is 0 Å². The first kappa shape index (κ1) is 34.2. The van der Waals surface area contributed by atoms with Crippen LogP contribution in [0.4, 0.5) is 30.7 Å². The van der Waals surface area contributed by atoms with Crippen LogP contribution in [0.25, 0.3) is 22.7 Å². The standard InChI is InChI=1S/C23H24F4N6O3S.C2HF3O2/c1-21(2)20(28)32-22(3,12-37(21,34)31-11-23(25,26)27)14-7-13(5-6-15(14)24)18-8-16(33-36-18)17-9-30-19(35-4)10-29-17;3-2(4,5)1(6)7/h5-10H,11-12H2,1-4H3,(H2,28,32);(H,6,7)/t22-,37-;/m0./s1. The molecule has 0 aliphatic carbocycles. The summed E-state index contributed by atoms with van der Waals surface area (Å²) in [6, 6.07) is 5.58. The van der Waals surface area contributed by atoms with E-state index in [1.807, 2.05) is 0 Å². The Balaban J connectivity index is 0.000000676. The van der Waals surface area contributed by atoms with Gasteiger partial charge in [-0.3, -0.25) is 4.99 Å². The van der Waals surface area contributed by atoms with E-state index < -0.39 is 56.5 Å². The second kappa shape index (κ2) is 12.0. The van der Waals surface area contributed by atoms with Gasteiger partial charge in [-0.05, 0) is 39.0 Å². The van der Waals surface area contributed by atoms with Crippen LogP contribution in [0.5, 0.6) is 5.88 Å². The normalized spacial score (nSPS) is 21.5. The number of carboxylic acid groups (broad SMARTS) is 1. The number of ether oxygens (including phenoxy) is 1. The quantitative estimate of drug-likeness (QED) is 0.361. The first-order valence-corrected chi connectivity index (χ1v) is 13.9. The predicted octanol–water partition coefficient (Wildman–Crippen LogP) is 4.97. The largest absolute Gasteiger partial charge is 0.490 e. The number of halogens is 7. The van der Waals surface area contributed by atoms with E-state index in [9.17, 15) is 30.6 Å². The third-order valence-electron chi connectivity index (χ3n) is 6.39. The highest BCUT2D eigenvalue weighted by Gasteiger charge is 2.48. The zero-order valence-electron chi connectivity index (χ0n) is 23.3. The molecule has 3 aromatic rings. The third-order valence-corrected chi connectivity index (χ3v) is 9.70. The molecule has 0 spiro atoms. The summed E-state index contributed by atoms with van der Waals surface area (Å²) in [6.45, 7) is 2.67.